The molecule has 1 saturated heterocycles. The van der Waals surface area contributed by atoms with E-state index in [1.807, 2.05) is 30.3 Å². The van der Waals surface area contributed by atoms with E-state index in [1.54, 1.807) is 40.1 Å². The Balaban J connectivity index is 1.45. The van der Waals surface area contributed by atoms with Gasteiger partial charge in [-0.05, 0) is 42.2 Å². The van der Waals surface area contributed by atoms with Crippen LogP contribution in [-0.4, -0.2) is 63.8 Å². The molecule has 0 spiro atoms. The summed E-state index contributed by atoms with van der Waals surface area (Å²) in [7, 11) is 1.33. The molecule has 7 nitrogen and oxygen atoms in total. The maximum Gasteiger partial charge on any atom is 0.337 e. The van der Waals surface area contributed by atoms with Gasteiger partial charge in [-0.25, -0.2) is 4.79 Å². The molecular formula is C27H30N2O5S2. The molecule has 0 saturated carbocycles. The summed E-state index contributed by atoms with van der Waals surface area (Å²) in [4.78, 5) is 40.9. The van der Waals surface area contributed by atoms with E-state index >= 15 is 0 Å². The van der Waals surface area contributed by atoms with Gasteiger partial charge in [0.1, 0.15) is 4.32 Å². The van der Waals surface area contributed by atoms with E-state index in [2.05, 4.69) is 0 Å². The summed E-state index contributed by atoms with van der Waals surface area (Å²) < 4.78 is 5.22. The van der Waals surface area contributed by atoms with Gasteiger partial charge in [0.05, 0.1) is 24.2 Å². The second-order valence-electron chi connectivity index (χ2n) is 8.28. The zero-order chi connectivity index (χ0) is 25.9. The number of rotatable bonds is 12. The first-order valence-corrected chi connectivity index (χ1v) is 13.0. The first-order chi connectivity index (χ1) is 17.4. The Labute approximate surface area is 221 Å². The fourth-order valence-electron chi connectivity index (χ4n) is 3.77. The number of aliphatic hydroxyl groups excluding tert-OH is 1. The first kappa shape index (κ1) is 27.6. The minimum Gasteiger partial charge on any atom is -0.465 e. The Hall–Kier alpha value is -3.01. The van der Waals surface area contributed by atoms with Crippen molar-refractivity contribution in [3.63, 3.8) is 0 Å². The third-order valence-corrected chi connectivity index (χ3v) is 7.09. The number of thioether (sulfide) groups is 1. The molecule has 0 bridgehead atoms. The first-order valence-electron chi connectivity index (χ1n) is 11.8. The van der Waals surface area contributed by atoms with Crippen LogP contribution in [0.5, 0.6) is 0 Å². The number of thiocarbonyl (C=S) groups is 1. The second-order valence-corrected chi connectivity index (χ2v) is 9.96. The number of ether oxygens (including phenoxy) is 1. The number of esters is 1. The van der Waals surface area contributed by atoms with Crippen LogP contribution in [0.3, 0.4) is 0 Å². The molecule has 0 unspecified atom stereocenters. The summed E-state index contributed by atoms with van der Waals surface area (Å²) in [5.74, 6) is -0.526. The van der Waals surface area contributed by atoms with Crippen LogP contribution in [0.25, 0.3) is 6.08 Å². The highest BCUT2D eigenvalue weighted by atomic mass is 32.2. The van der Waals surface area contributed by atoms with Gasteiger partial charge in [-0.3, -0.25) is 14.5 Å². The fraction of sp³-hybridized carbons (Fsp3) is 0.333. The Morgan fingerprint density at radius 1 is 1.08 bits per heavy atom. The monoisotopic (exact) mass is 526 g/mol. The van der Waals surface area contributed by atoms with Gasteiger partial charge in [0, 0.05) is 26.1 Å². The number of hydrogen-bond donors (Lipinski definition) is 1. The molecular weight excluding hydrogens is 496 g/mol. The number of aliphatic hydroxyl groups is 1. The number of carbonyl (C=O) groups is 3. The fourth-order valence-corrected chi connectivity index (χ4v) is 5.08. The van der Waals surface area contributed by atoms with Crippen LogP contribution in [-0.2, 0) is 20.9 Å². The van der Waals surface area contributed by atoms with Crippen molar-refractivity contribution in [1.29, 1.82) is 0 Å². The molecule has 0 atom stereocenters. The Bertz CT molecular complexity index is 1100. The van der Waals surface area contributed by atoms with Crippen LogP contribution in [0.2, 0.25) is 0 Å². The summed E-state index contributed by atoms with van der Waals surface area (Å²) >= 11 is 6.67. The van der Waals surface area contributed by atoms with Crippen LogP contribution in [0, 0.1) is 0 Å². The number of methoxy groups -OCH3 is 1. The highest BCUT2D eigenvalue weighted by Crippen LogP contribution is 2.32. The number of carbonyl (C=O) groups excluding carboxylic acids is 3. The zero-order valence-electron chi connectivity index (χ0n) is 20.2. The normalized spacial score (nSPS) is 14.4. The summed E-state index contributed by atoms with van der Waals surface area (Å²) in [6.07, 6.45) is 4.38. The molecule has 9 heteroatoms. The van der Waals surface area contributed by atoms with Gasteiger partial charge in [0.2, 0.25) is 5.91 Å². The van der Waals surface area contributed by atoms with Gasteiger partial charge in [-0.2, -0.15) is 0 Å². The van der Waals surface area contributed by atoms with Crippen molar-refractivity contribution in [2.45, 2.75) is 32.2 Å². The van der Waals surface area contributed by atoms with Gasteiger partial charge in [0.25, 0.3) is 5.91 Å². The van der Waals surface area contributed by atoms with Crippen LogP contribution in [0.1, 0.15) is 47.2 Å². The minimum atomic E-state index is -0.410. The number of amides is 2. The van der Waals surface area contributed by atoms with Crippen LogP contribution < -0.4 is 0 Å². The van der Waals surface area contributed by atoms with E-state index in [-0.39, 0.29) is 18.4 Å². The third kappa shape index (κ3) is 7.74. The van der Waals surface area contributed by atoms with Gasteiger partial charge in [-0.15, -0.1) is 0 Å². The van der Waals surface area contributed by atoms with Crippen molar-refractivity contribution < 1.29 is 24.2 Å². The Morgan fingerprint density at radius 2 is 1.81 bits per heavy atom. The van der Waals surface area contributed by atoms with Crippen molar-refractivity contribution >= 4 is 52.2 Å². The lowest BCUT2D eigenvalue weighted by molar-refractivity contribution is -0.132. The molecule has 0 radical (unpaired) electrons. The summed E-state index contributed by atoms with van der Waals surface area (Å²) in [6.45, 7) is 1.22. The molecule has 36 heavy (non-hydrogen) atoms. The van der Waals surface area contributed by atoms with E-state index in [4.69, 9.17) is 17.0 Å². The molecule has 0 aromatic heterocycles. The number of nitrogens with zero attached hydrogens (tertiary/aromatic N) is 2. The van der Waals surface area contributed by atoms with Gasteiger partial charge >= 0.3 is 5.97 Å². The highest BCUT2D eigenvalue weighted by molar-refractivity contribution is 8.26. The topological polar surface area (TPSA) is 87.2 Å². The van der Waals surface area contributed by atoms with Crippen molar-refractivity contribution in [3.8, 4) is 0 Å². The molecule has 3 rings (SSSR count). The van der Waals surface area contributed by atoms with Crippen molar-refractivity contribution in [2.24, 2.45) is 0 Å². The van der Waals surface area contributed by atoms with Crippen LogP contribution in [0.15, 0.2) is 59.5 Å². The van der Waals surface area contributed by atoms with E-state index in [0.717, 1.165) is 24.0 Å². The molecule has 0 aliphatic carbocycles. The number of unbranched alkanes of at least 4 members (excludes halogenated alkanes) is 2. The summed E-state index contributed by atoms with van der Waals surface area (Å²) in [6, 6.07) is 16.5. The van der Waals surface area contributed by atoms with E-state index in [9.17, 15) is 19.5 Å². The zero-order valence-corrected chi connectivity index (χ0v) is 21.9. The summed E-state index contributed by atoms with van der Waals surface area (Å²) in [5.41, 5.74) is 2.27. The van der Waals surface area contributed by atoms with Gasteiger partial charge < -0.3 is 14.7 Å². The van der Waals surface area contributed by atoms with E-state index in [1.165, 1.54) is 18.9 Å². The second kappa shape index (κ2) is 13.9. The molecule has 1 N–H and O–H groups in total. The van der Waals surface area contributed by atoms with E-state index in [0.29, 0.717) is 47.3 Å². The average molecular weight is 527 g/mol. The SMILES string of the molecule is COC(=O)c1ccc(C=C2SC(=S)N(CCCCCC(=O)N(CCO)Cc3ccccc3)C2=O)cc1. The lowest BCUT2D eigenvalue weighted by atomic mass is 10.1. The van der Waals surface area contributed by atoms with Crippen LogP contribution >= 0.6 is 24.0 Å². The summed E-state index contributed by atoms with van der Waals surface area (Å²) in [5, 5.41) is 9.33. The van der Waals surface area contributed by atoms with Crippen LogP contribution in [0.4, 0.5) is 0 Å². The molecule has 1 heterocycles. The predicted molar refractivity (Wildman–Crippen MR) is 145 cm³/mol. The highest BCUT2D eigenvalue weighted by Gasteiger charge is 2.31. The molecule has 190 valence electrons. The average Bonchev–Trinajstić information content (AvgIpc) is 3.15. The molecule has 2 amide bonds. The van der Waals surface area contributed by atoms with Crippen molar-refractivity contribution in [2.75, 3.05) is 26.8 Å². The van der Waals surface area contributed by atoms with Crippen molar-refractivity contribution in [1.82, 2.24) is 9.80 Å². The van der Waals surface area contributed by atoms with Crippen molar-refractivity contribution in [3.05, 3.63) is 76.2 Å². The van der Waals surface area contributed by atoms with Gasteiger partial charge in [-0.1, -0.05) is 72.9 Å². The van der Waals surface area contributed by atoms with Gasteiger partial charge in [0.15, 0.2) is 0 Å². The largest absolute Gasteiger partial charge is 0.465 e. The lowest BCUT2D eigenvalue weighted by Crippen LogP contribution is -2.33. The standard InChI is InChI=1S/C27H30N2O5S2/c1-34-26(33)22-13-11-20(12-14-22)18-23-25(32)29(27(35)36-23)15-7-3-6-10-24(31)28(16-17-30)19-21-8-4-2-5-9-21/h2,4-5,8-9,11-14,18,30H,3,6-7,10,15-17,19H2,1H3. The third-order valence-electron chi connectivity index (χ3n) is 5.71. The smallest absolute Gasteiger partial charge is 0.337 e. The maximum atomic E-state index is 12.8. The lowest BCUT2D eigenvalue weighted by Gasteiger charge is -2.22. The predicted octanol–water partition coefficient (Wildman–Crippen LogP) is 4.26. The van der Waals surface area contributed by atoms with E-state index < -0.39 is 5.97 Å². The molecule has 1 fully saturated rings. The Morgan fingerprint density at radius 3 is 2.47 bits per heavy atom. The number of hydrogen-bond acceptors (Lipinski definition) is 7. The molecule has 2 aromatic rings. The molecule has 2 aromatic carbocycles. The minimum absolute atomic E-state index is 0.0136. The quantitative estimate of drug-likeness (QED) is 0.191. The molecule has 1 aliphatic rings. The number of benzene rings is 2. The maximum absolute atomic E-state index is 12.8. The Kier molecular flexibility index (Phi) is 10.7. The molecule has 1 aliphatic heterocycles.